The number of hydrogen-bond acceptors (Lipinski definition) is 1. The largest absolute Gasteiger partial charge is 0.330 e. The first-order chi connectivity index (χ1) is 8.75. The third-order valence-corrected chi connectivity index (χ3v) is 5.23. The van der Waals surface area contributed by atoms with E-state index < -0.39 is 0 Å². The highest BCUT2D eigenvalue weighted by Gasteiger charge is 2.43. The molecule has 0 radical (unpaired) electrons. The highest BCUT2D eigenvalue weighted by molar-refractivity contribution is 6.31. The average molecular weight is 264 g/mol. The molecule has 2 saturated carbocycles. The predicted molar refractivity (Wildman–Crippen MR) is 77.2 cm³/mol. The lowest BCUT2D eigenvalue weighted by atomic mass is 9.83. The van der Waals surface area contributed by atoms with Gasteiger partial charge in [-0.15, -0.1) is 0 Å². The Balaban J connectivity index is 1.84. The third kappa shape index (κ3) is 2.19. The van der Waals surface area contributed by atoms with Crippen LogP contribution in [-0.4, -0.2) is 6.54 Å². The second-order valence-electron chi connectivity index (χ2n) is 6.06. The Hall–Kier alpha value is -0.530. The fraction of sp³-hybridized carbons (Fsp3) is 0.625. The van der Waals surface area contributed by atoms with Crippen LogP contribution < -0.4 is 5.73 Å². The molecule has 98 valence electrons. The molecule has 0 saturated heterocycles. The molecule has 2 N–H and O–H groups in total. The van der Waals surface area contributed by atoms with E-state index >= 15 is 0 Å². The molecule has 0 heterocycles. The van der Waals surface area contributed by atoms with Gasteiger partial charge in [-0.1, -0.05) is 43.0 Å². The predicted octanol–water partition coefficient (Wildman–Crippen LogP) is 4.38. The van der Waals surface area contributed by atoms with Gasteiger partial charge in [0.2, 0.25) is 0 Å². The van der Waals surface area contributed by atoms with Gasteiger partial charge in [-0.25, -0.2) is 0 Å². The van der Waals surface area contributed by atoms with Gasteiger partial charge in [-0.2, -0.15) is 0 Å². The van der Waals surface area contributed by atoms with E-state index in [4.69, 9.17) is 17.3 Å². The molecule has 1 aromatic rings. The Bertz CT molecular complexity index is 431. The summed E-state index contributed by atoms with van der Waals surface area (Å²) >= 11 is 6.51. The molecular weight excluding hydrogens is 242 g/mol. The molecule has 2 fully saturated rings. The number of nitrogens with two attached hydrogens (primary N) is 1. The molecule has 0 spiro atoms. The van der Waals surface area contributed by atoms with Crippen LogP contribution in [0.3, 0.4) is 0 Å². The first-order valence-electron chi connectivity index (χ1n) is 7.25. The minimum atomic E-state index is 0.259. The van der Waals surface area contributed by atoms with Gasteiger partial charge < -0.3 is 5.73 Å². The first kappa shape index (κ1) is 12.5. The van der Waals surface area contributed by atoms with Crippen molar-refractivity contribution in [2.45, 2.75) is 56.3 Å². The second-order valence-corrected chi connectivity index (χ2v) is 6.46. The summed E-state index contributed by atoms with van der Waals surface area (Å²) in [5, 5.41) is 0.971. The van der Waals surface area contributed by atoms with E-state index in [0.717, 1.165) is 11.6 Å². The van der Waals surface area contributed by atoms with E-state index in [1.54, 1.807) is 0 Å². The van der Waals surface area contributed by atoms with Crippen LogP contribution in [0.25, 0.3) is 0 Å². The van der Waals surface area contributed by atoms with Crippen molar-refractivity contribution in [1.29, 1.82) is 0 Å². The van der Waals surface area contributed by atoms with Gasteiger partial charge in [-0.05, 0) is 48.8 Å². The summed E-state index contributed by atoms with van der Waals surface area (Å²) in [7, 11) is 0. The molecule has 0 amide bonds. The fourth-order valence-electron chi connectivity index (χ4n) is 3.36. The Morgan fingerprint density at radius 2 is 1.89 bits per heavy atom. The van der Waals surface area contributed by atoms with Crippen LogP contribution in [0.4, 0.5) is 0 Å². The Labute approximate surface area is 115 Å². The summed E-state index contributed by atoms with van der Waals surface area (Å²) in [4.78, 5) is 0. The van der Waals surface area contributed by atoms with Crippen LogP contribution in [0.2, 0.25) is 5.02 Å². The van der Waals surface area contributed by atoms with Gasteiger partial charge in [-0.3, -0.25) is 0 Å². The zero-order valence-corrected chi connectivity index (χ0v) is 11.7. The maximum Gasteiger partial charge on any atom is 0.0443 e. The van der Waals surface area contributed by atoms with Crippen molar-refractivity contribution in [3.05, 3.63) is 34.3 Å². The van der Waals surface area contributed by atoms with E-state index in [2.05, 4.69) is 18.2 Å². The zero-order chi connectivity index (χ0) is 12.6. The molecule has 0 bridgehead atoms. The molecular formula is C16H22ClN. The molecule has 2 heteroatoms. The van der Waals surface area contributed by atoms with Crippen molar-refractivity contribution in [2.75, 3.05) is 6.54 Å². The summed E-state index contributed by atoms with van der Waals surface area (Å²) in [6.07, 6.45) is 9.17. The van der Waals surface area contributed by atoms with Gasteiger partial charge in [0, 0.05) is 17.0 Å². The van der Waals surface area contributed by atoms with E-state index in [1.165, 1.54) is 56.1 Å². The second kappa shape index (κ2) is 4.86. The summed E-state index contributed by atoms with van der Waals surface area (Å²) in [5.41, 5.74) is 8.87. The molecule has 0 aromatic heterocycles. The van der Waals surface area contributed by atoms with Gasteiger partial charge in [0.25, 0.3) is 0 Å². The highest BCUT2D eigenvalue weighted by Crippen LogP contribution is 2.48. The van der Waals surface area contributed by atoms with E-state index in [9.17, 15) is 0 Å². The smallest absolute Gasteiger partial charge is 0.0443 e. The molecule has 2 aliphatic rings. The lowest BCUT2D eigenvalue weighted by Crippen LogP contribution is -2.19. The Morgan fingerprint density at radius 1 is 1.17 bits per heavy atom. The Morgan fingerprint density at radius 3 is 2.44 bits per heavy atom. The van der Waals surface area contributed by atoms with E-state index in [-0.39, 0.29) is 5.41 Å². The number of halogens is 1. The molecule has 3 rings (SSSR count). The van der Waals surface area contributed by atoms with Crippen molar-refractivity contribution in [2.24, 2.45) is 5.73 Å². The number of benzene rings is 1. The minimum Gasteiger partial charge on any atom is -0.330 e. The molecule has 1 aromatic carbocycles. The molecule has 0 aliphatic heterocycles. The van der Waals surface area contributed by atoms with Crippen molar-refractivity contribution >= 4 is 11.6 Å². The van der Waals surface area contributed by atoms with Gasteiger partial charge in [0.1, 0.15) is 0 Å². The number of hydrogen-bond donors (Lipinski definition) is 1. The monoisotopic (exact) mass is 263 g/mol. The lowest BCUT2D eigenvalue weighted by Gasteiger charge is -2.24. The van der Waals surface area contributed by atoms with E-state index in [1.807, 2.05) is 0 Å². The van der Waals surface area contributed by atoms with Crippen LogP contribution >= 0.6 is 11.6 Å². The highest BCUT2D eigenvalue weighted by atomic mass is 35.5. The van der Waals surface area contributed by atoms with Crippen LogP contribution in [0.5, 0.6) is 0 Å². The van der Waals surface area contributed by atoms with Crippen LogP contribution in [0, 0.1) is 0 Å². The summed E-state index contributed by atoms with van der Waals surface area (Å²) in [6, 6.07) is 6.73. The Kier molecular flexibility index (Phi) is 3.38. The topological polar surface area (TPSA) is 26.0 Å². The van der Waals surface area contributed by atoms with Crippen molar-refractivity contribution in [1.82, 2.24) is 0 Å². The SMILES string of the molecule is NCC1(c2ccc(C3CCCCC3)c(Cl)c2)CC1. The normalized spacial score (nSPS) is 23.0. The van der Waals surface area contributed by atoms with Crippen LogP contribution in [-0.2, 0) is 5.41 Å². The molecule has 18 heavy (non-hydrogen) atoms. The molecule has 0 unspecified atom stereocenters. The van der Waals surface area contributed by atoms with Crippen molar-refractivity contribution < 1.29 is 0 Å². The third-order valence-electron chi connectivity index (χ3n) is 4.90. The van der Waals surface area contributed by atoms with Crippen molar-refractivity contribution in [3.8, 4) is 0 Å². The van der Waals surface area contributed by atoms with E-state index in [0.29, 0.717) is 5.92 Å². The van der Waals surface area contributed by atoms with Crippen LogP contribution in [0.15, 0.2) is 18.2 Å². The first-order valence-corrected chi connectivity index (χ1v) is 7.63. The number of rotatable bonds is 3. The molecule has 1 nitrogen and oxygen atoms in total. The molecule has 0 atom stereocenters. The lowest BCUT2D eigenvalue weighted by molar-refractivity contribution is 0.443. The summed E-state index contributed by atoms with van der Waals surface area (Å²) in [6.45, 7) is 0.756. The van der Waals surface area contributed by atoms with Crippen molar-refractivity contribution in [3.63, 3.8) is 0 Å². The molecule has 2 aliphatic carbocycles. The zero-order valence-electron chi connectivity index (χ0n) is 10.9. The maximum absolute atomic E-state index is 6.51. The maximum atomic E-state index is 6.51. The fourth-order valence-corrected chi connectivity index (χ4v) is 3.70. The van der Waals surface area contributed by atoms with Gasteiger partial charge >= 0.3 is 0 Å². The van der Waals surface area contributed by atoms with Crippen LogP contribution in [0.1, 0.15) is 62.0 Å². The quantitative estimate of drug-likeness (QED) is 0.861. The van der Waals surface area contributed by atoms with Gasteiger partial charge in [0.15, 0.2) is 0 Å². The minimum absolute atomic E-state index is 0.259. The summed E-state index contributed by atoms with van der Waals surface area (Å²) in [5.74, 6) is 0.688. The standard InChI is InChI=1S/C16H22ClN/c17-15-10-13(16(11-18)8-9-16)6-7-14(15)12-4-2-1-3-5-12/h6-7,10,12H,1-5,8-9,11,18H2. The average Bonchev–Trinajstić information content (AvgIpc) is 3.21. The summed E-state index contributed by atoms with van der Waals surface area (Å²) < 4.78 is 0. The van der Waals surface area contributed by atoms with Gasteiger partial charge in [0.05, 0.1) is 0 Å².